The van der Waals surface area contributed by atoms with E-state index in [4.69, 9.17) is 37.9 Å². The van der Waals surface area contributed by atoms with Crippen LogP contribution in [0.25, 0.3) is 0 Å². The summed E-state index contributed by atoms with van der Waals surface area (Å²) in [6, 6.07) is -1.15. The molecule has 0 radical (unpaired) electrons. The van der Waals surface area contributed by atoms with Crippen molar-refractivity contribution < 1.29 is 72.1 Å². The van der Waals surface area contributed by atoms with E-state index in [1.54, 1.807) is 41.1 Å². The minimum Gasteiger partial charge on any atom is -0.460 e. The van der Waals surface area contributed by atoms with Crippen LogP contribution >= 0.6 is 0 Å². The van der Waals surface area contributed by atoms with Crippen LogP contribution in [0.15, 0.2) is 47.6 Å². The lowest BCUT2D eigenvalue weighted by molar-refractivity contribution is -0.266. The highest BCUT2D eigenvalue weighted by molar-refractivity contribution is 6.39. The topological polar surface area (TPSA) is 206 Å². The molecule has 0 unspecified atom stereocenters. The maximum atomic E-state index is 14.7. The van der Waals surface area contributed by atoms with E-state index in [9.17, 15) is 34.2 Å². The number of rotatable bonds is 14. The van der Waals surface area contributed by atoms with Crippen LogP contribution in [0.2, 0.25) is 0 Å². The fourth-order valence-corrected chi connectivity index (χ4v) is 12.1. The Morgan fingerprint density at radius 2 is 1.59 bits per heavy atom. The molecule has 1 amide bonds. The van der Waals surface area contributed by atoms with Gasteiger partial charge in [0.2, 0.25) is 5.79 Å². The summed E-state index contributed by atoms with van der Waals surface area (Å²) in [7, 11) is 4.68. The number of hydrogen-bond acceptors (Lipinski definition) is 16. The van der Waals surface area contributed by atoms with Crippen LogP contribution in [0.4, 0.5) is 0 Å². The monoisotopic (exact) mass is 1100 g/mol. The Kier molecular flexibility index (Phi) is 27.0. The number of nitrogens with zero attached hydrogens (tertiary/aromatic N) is 2. The fraction of sp³-hybridized carbons (Fsp3) is 0.787. The van der Waals surface area contributed by atoms with E-state index in [1.165, 1.54) is 12.0 Å². The molecule has 78 heavy (non-hydrogen) atoms. The molecule has 4 fully saturated rings. The number of hydrogen-bond donors (Lipinski definition) is 2. The van der Waals surface area contributed by atoms with Gasteiger partial charge in [-0.25, -0.2) is 4.79 Å². The van der Waals surface area contributed by atoms with Crippen molar-refractivity contribution in [2.24, 2.45) is 35.5 Å². The zero-order chi connectivity index (χ0) is 57.1. The molecule has 1 saturated carbocycles. The van der Waals surface area contributed by atoms with Crippen molar-refractivity contribution in [2.75, 3.05) is 73.9 Å². The summed E-state index contributed by atoms with van der Waals surface area (Å²) in [5.41, 5.74) is 1.26. The Hall–Kier alpha value is -3.49. The number of aliphatic hydroxyl groups is 2. The summed E-state index contributed by atoms with van der Waals surface area (Å²) in [5, 5.41) is 23.8. The van der Waals surface area contributed by atoms with Crippen LogP contribution in [0, 0.1) is 35.5 Å². The van der Waals surface area contributed by atoms with Gasteiger partial charge in [0, 0.05) is 84.7 Å². The molecule has 1 aliphatic carbocycles. The number of fused-ring (bicyclic) bond motifs is 3. The molecule has 17 nitrogen and oxygen atoms in total. The second-order valence-corrected chi connectivity index (χ2v) is 23.4. The quantitative estimate of drug-likeness (QED) is 0.0756. The first-order chi connectivity index (χ1) is 37.2. The predicted octanol–water partition coefficient (Wildman–Crippen LogP) is 7.33. The molecule has 0 aromatic rings. The minimum absolute atomic E-state index is 0.00343. The first-order valence-corrected chi connectivity index (χ1v) is 29.2. The van der Waals surface area contributed by atoms with Gasteiger partial charge in [-0.1, -0.05) is 71.1 Å². The van der Waals surface area contributed by atoms with Gasteiger partial charge in [0.05, 0.1) is 50.3 Å². The van der Waals surface area contributed by atoms with Crippen molar-refractivity contribution in [3.63, 3.8) is 0 Å². The van der Waals surface area contributed by atoms with E-state index >= 15 is 0 Å². The van der Waals surface area contributed by atoms with Crippen LogP contribution in [-0.4, -0.2) is 184 Å². The molecule has 17 heteroatoms. The lowest BCUT2D eigenvalue weighted by Crippen LogP contribution is -2.61. The molecule has 2 N–H and O–H groups in total. The first-order valence-electron chi connectivity index (χ1n) is 29.2. The standard InChI is InChI=1S/C61H98N2O15/c1-39-18-13-12-14-19-40(2)52(76-31-30-71-9)36-48-23-21-45(7)61(70,78-48)58(67)59(68)63-26-16-15-20-49(63)60(69)77-53(37-50(64)41(3)33-44(6)56(66)57(73-11)55(65)43(5)32-39)42(4)34-47-22-24-51(54(35-47)72-10)75-28-17-25-62-27-29-74-46(8)38-62/h12-14,18-19,33,39,41-43,45-49,51-54,56-57,66,70H,15-17,20-32,34-38H2,1-11H3/b14-12+,18-13+,40-19+,44-33+/t39-,41-,42-,43-,45-,46+,47+,48+,49+,51-,52+,53+,54-,56-,57+,61-/m1/s1. The van der Waals surface area contributed by atoms with E-state index in [0.717, 1.165) is 57.5 Å². The van der Waals surface area contributed by atoms with Gasteiger partial charge in [-0.05, 0) is 120 Å². The van der Waals surface area contributed by atoms with Gasteiger partial charge in [-0.15, -0.1) is 0 Å². The molecular formula is C61H98N2O15. The Bertz CT molecular complexity index is 2060. The van der Waals surface area contributed by atoms with Gasteiger partial charge in [0.15, 0.2) is 5.78 Å². The summed E-state index contributed by atoms with van der Waals surface area (Å²) in [6.45, 7) is 19.8. The number of amides is 1. The third kappa shape index (κ3) is 18.8. The van der Waals surface area contributed by atoms with E-state index in [2.05, 4.69) is 11.8 Å². The van der Waals surface area contributed by atoms with Crippen LogP contribution < -0.4 is 0 Å². The van der Waals surface area contributed by atoms with Gasteiger partial charge in [0.25, 0.3) is 11.7 Å². The second-order valence-electron chi connectivity index (χ2n) is 23.4. The summed E-state index contributed by atoms with van der Waals surface area (Å²) in [5.74, 6) is -7.94. The highest BCUT2D eigenvalue weighted by Gasteiger charge is 2.53. The van der Waals surface area contributed by atoms with E-state index in [1.807, 2.05) is 58.1 Å². The predicted molar refractivity (Wildman–Crippen MR) is 296 cm³/mol. The number of methoxy groups -OCH3 is 3. The van der Waals surface area contributed by atoms with Crippen molar-refractivity contribution in [2.45, 2.75) is 200 Å². The molecule has 442 valence electrons. The van der Waals surface area contributed by atoms with Gasteiger partial charge in [-0.3, -0.25) is 24.1 Å². The molecule has 16 atom stereocenters. The number of allylic oxidation sites excluding steroid dienone is 6. The highest BCUT2D eigenvalue weighted by Crippen LogP contribution is 2.38. The Morgan fingerprint density at radius 1 is 0.821 bits per heavy atom. The summed E-state index contributed by atoms with van der Waals surface area (Å²) in [6.07, 6.45) is 13.5. The lowest BCUT2D eigenvalue weighted by atomic mass is 9.78. The van der Waals surface area contributed by atoms with Crippen molar-refractivity contribution in [3.8, 4) is 0 Å². The van der Waals surface area contributed by atoms with Crippen LogP contribution in [0.1, 0.15) is 139 Å². The number of aliphatic hydroxyl groups excluding tert-OH is 1. The lowest BCUT2D eigenvalue weighted by Gasteiger charge is -2.43. The van der Waals surface area contributed by atoms with Gasteiger partial charge >= 0.3 is 5.97 Å². The smallest absolute Gasteiger partial charge is 0.329 e. The number of morpholine rings is 1. The number of ketones is 3. The minimum atomic E-state index is -2.46. The van der Waals surface area contributed by atoms with E-state index in [-0.39, 0.29) is 80.0 Å². The average molecular weight is 1100 g/mol. The van der Waals surface area contributed by atoms with Crippen LogP contribution in [0.3, 0.4) is 0 Å². The maximum absolute atomic E-state index is 14.7. The summed E-state index contributed by atoms with van der Waals surface area (Å²) < 4.78 is 48.0. The number of piperidine rings is 1. The van der Waals surface area contributed by atoms with E-state index in [0.29, 0.717) is 57.3 Å². The fourth-order valence-electron chi connectivity index (χ4n) is 12.1. The molecule has 0 aromatic heterocycles. The Labute approximate surface area is 466 Å². The molecule has 5 rings (SSSR count). The van der Waals surface area contributed by atoms with Crippen molar-refractivity contribution in [1.29, 1.82) is 0 Å². The van der Waals surface area contributed by atoms with Crippen molar-refractivity contribution >= 4 is 29.2 Å². The van der Waals surface area contributed by atoms with Gasteiger partial charge < -0.3 is 53.0 Å². The summed E-state index contributed by atoms with van der Waals surface area (Å²) >= 11 is 0. The number of ether oxygens (including phenoxy) is 8. The van der Waals surface area contributed by atoms with Crippen LogP contribution in [-0.2, 0) is 61.9 Å². The Balaban J connectivity index is 1.41. The van der Waals surface area contributed by atoms with E-state index < -0.39 is 77.8 Å². The SMILES string of the molecule is COCCO[C@H]1C[C@@H]2CC[C@@H](C)[C@@](O)(O2)C(=O)C(=O)N2CCCC[C@H]2C(=O)O[C@H]([C@H](C)C[C@@H]2CC[C@@H](OCCCN3CCO[C@@H](C)C3)[C@H](OC)C2)CC(=O)[C@H](C)/C=C(\C)[C@@H](O)[C@@H](OC)C(=O)[C@H](C)C[C@H](C)/C=C/C=C/C=C/1C. The first kappa shape index (κ1) is 65.3. The van der Waals surface area contributed by atoms with Crippen molar-refractivity contribution in [3.05, 3.63) is 47.6 Å². The van der Waals surface area contributed by atoms with Crippen molar-refractivity contribution in [1.82, 2.24) is 9.80 Å². The zero-order valence-electron chi connectivity index (χ0n) is 49.1. The third-order valence-corrected chi connectivity index (χ3v) is 17.1. The molecule has 0 aromatic carbocycles. The van der Waals surface area contributed by atoms with Crippen LogP contribution in [0.5, 0.6) is 0 Å². The normalized spacial score (nSPS) is 38.1. The second kappa shape index (κ2) is 32.2. The zero-order valence-corrected chi connectivity index (χ0v) is 49.1. The number of cyclic esters (lactones) is 1. The highest BCUT2D eigenvalue weighted by atomic mass is 16.6. The van der Waals surface area contributed by atoms with Gasteiger partial charge in [-0.2, -0.15) is 0 Å². The molecule has 4 heterocycles. The number of esters is 1. The third-order valence-electron chi connectivity index (χ3n) is 17.1. The van der Waals surface area contributed by atoms with Gasteiger partial charge in [0.1, 0.15) is 30.1 Å². The average Bonchev–Trinajstić information content (AvgIpc) is 3.44. The molecule has 0 spiro atoms. The molecule has 2 bridgehead atoms. The summed E-state index contributed by atoms with van der Waals surface area (Å²) in [4.78, 5) is 75.6. The molecule has 5 aliphatic rings. The molecule has 4 aliphatic heterocycles. The largest absolute Gasteiger partial charge is 0.460 e. The number of carbonyl (C=O) groups is 5. The number of carbonyl (C=O) groups excluding carboxylic acids is 5. The molecular weight excluding hydrogens is 1000 g/mol. The Morgan fingerprint density at radius 3 is 2.31 bits per heavy atom. The number of Topliss-reactive ketones (excluding diaryl/α,β-unsaturated/α-hetero) is 3. The maximum Gasteiger partial charge on any atom is 0.329 e. The molecule has 3 saturated heterocycles.